The second-order valence-corrected chi connectivity index (χ2v) is 7.45. The van der Waals surface area contributed by atoms with Crippen molar-refractivity contribution in [3.05, 3.63) is 59.2 Å². The third-order valence-electron chi connectivity index (χ3n) is 4.63. The van der Waals surface area contributed by atoms with Crippen LogP contribution in [0.3, 0.4) is 0 Å². The molecule has 0 radical (unpaired) electrons. The molecule has 1 aliphatic rings. The number of ether oxygens (including phenoxy) is 2. The van der Waals surface area contributed by atoms with E-state index in [1.165, 1.54) is 0 Å². The Labute approximate surface area is 181 Å². The summed E-state index contributed by atoms with van der Waals surface area (Å²) in [5.41, 5.74) is 3.37. The number of rotatable bonds is 5. The molecule has 158 valence electrons. The Kier molecular flexibility index (Phi) is 7.37. The van der Waals surface area contributed by atoms with Crippen molar-refractivity contribution in [1.29, 1.82) is 0 Å². The standard InChI is InChI=1S/C22H25N3O4S/c1-15-3-8-19(16(2)13-15)29-14-20(26)24-22(30)23-18-6-4-17(5-7-18)21(27)25-9-11-28-12-10-25/h3-8,13H,9-12,14H2,1-2H3,(H2,23,24,26,30). The molecule has 0 aliphatic carbocycles. The highest BCUT2D eigenvalue weighted by Crippen LogP contribution is 2.18. The lowest BCUT2D eigenvalue weighted by molar-refractivity contribution is -0.121. The van der Waals surface area contributed by atoms with Crippen LogP contribution in [0.4, 0.5) is 5.69 Å². The summed E-state index contributed by atoms with van der Waals surface area (Å²) in [6.45, 7) is 6.11. The summed E-state index contributed by atoms with van der Waals surface area (Å²) >= 11 is 5.19. The molecule has 1 aliphatic heterocycles. The van der Waals surface area contributed by atoms with Crippen LogP contribution in [0.1, 0.15) is 21.5 Å². The van der Waals surface area contributed by atoms with Gasteiger partial charge in [0.15, 0.2) is 11.7 Å². The Morgan fingerprint density at radius 2 is 1.80 bits per heavy atom. The molecule has 1 heterocycles. The van der Waals surface area contributed by atoms with Crippen LogP contribution in [0.15, 0.2) is 42.5 Å². The van der Waals surface area contributed by atoms with Crippen molar-refractivity contribution >= 4 is 34.8 Å². The molecule has 0 spiro atoms. The lowest BCUT2D eigenvalue weighted by atomic mass is 10.1. The van der Waals surface area contributed by atoms with Gasteiger partial charge in [0, 0.05) is 24.3 Å². The smallest absolute Gasteiger partial charge is 0.264 e. The number of anilines is 1. The van der Waals surface area contributed by atoms with Gasteiger partial charge in [0.1, 0.15) is 5.75 Å². The Hall–Kier alpha value is -2.97. The molecule has 2 amide bonds. The third-order valence-corrected chi connectivity index (χ3v) is 4.83. The zero-order valence-electron chi connectivity index (χ0n) is 17.1. The Balaban J connectivity index is 1.47. The summed E-state index contributed by atoms with van der Waals surface area (Å²) in [4.78, 5) is 26.3. The van der Waals surface area contributed by atoms with E-state index in [2.05, 4.69) is 10.6 Å². The molecule has 2 N–H and O–H groups in total. The van der Waals surface area contributed by atoms with Gasteiger partial charge in [0.25, 0.3) is 11.8 Å². The van der Waals surface area contributed by atoms with Gasteiger partial charge in [-0.25, -0.2) is 0 Å². The number of hydrogen-bond donors (Lipinski definition) is 2. The van der Waals surface area contributed by atoms with Gasteiger partial charge in [0.05, 0.1) is 13.2 Å². The Bertz CT molecular complexity index is 924. The van der Waals surface area contributed by atoms with Crippen LogP contribution in [0, 0.1) is 13.8 Å². The molecular formula is C22H25N3O4S. The van der Waals surface area contributed by atoms with E-state index in [9.17, 15) is 9.59 Å². The largest absolute Gasteiger partial charge is 0.483 e. The topological polar surface area (TPSA) is 79.9 Å². The van der Waals surface area contributed by atoms with Gasteiger partial charge in [-0.05, 0) is 62.0 Å². The normalized spacial score (nSPS) is 13.5. The zero-order valence-corrected chi connectivity index (χ0v) is 17.9. The van der Waals surface area contributed by atoms with Crippen LogP contribution in [0.25, 0.3) is 0 Å². The first-order valence-electron chi connectivity index (χ1n) is 9.70. The molecule has 0 bridgehead atoms. The molecule has 8 heteroatoms. The van der Waals surface area contributed by atoms with Gasteiger partial charge in [-0.3, -0.25) is 14.9 Å². The second-order valence-electron chi connectivity index (χ2n) is 7.04. The number of benzene rings is 2. The van der Waals surface area contributed by atoms with Gasteiger partial charge in [-0.1, -0.05) is 17.7 Å². The minimum atomic E-state index is -0.355. The Morgan fingerprint density at radius 1 is 1.10 bits per heavy atom. The molecule has 0 unspecified atom stereocenters. The molecule has 3 rings (SSSR count). The molecule has 30 heavy (non-hydrogen) atoms. The second kappa shape index (κ2) is 10.2. The number of amides is 2. The first-order chi connectivity index (χ1) is 14.4. The monoisotopic (exact) mass is 427 g/mol. The fourth-order valence-electron chi connectivity index (χ4n) is 3.07. The number of hydrogen-bond acceptors (Lipinski definition) is 5. The van der Waals surface area contributed by atoms with Gasteiger partial charge < -0.3 is 19.7 Å². The number of nitrogens with zero attached hydrogens (tertiary/aromatic N) is 1. The van der Waals surface area contributed by atoms with E-state index < -0.39 is 0 Å². The van der Waals surface area contributed by atoms with E-state index in [4.69, 9.17) is 21.7 Å². The van der Waals surface area contributed by atoms with Gasteiger partial charge in [-0.15, -0.1) is 0 Å². The van der Waals surface area contributed by atoms with E-state index in [0.29, 0.717) is 43.3 Å². The van der Waals surface area contributed by atoms with Crippen LogP contribution < -0.4 is 15.4 Å². The van der Waals surface area contributed by atoms with Crippen molar-refractivity contribution in [1.82, 2.24) is 10.2 Å². The predicted octanol–water partition coefficient (Wildman–Crippen LogP) is 2.67. The van der Waals surface area contributed by atoms with Crippen LogP contribution in [0.2, 0.25) is 0 Å². The average molecular weight is 428 g/mol. The maximum Gasteiger partial charge on any atom is 0.264 e. The summed E-state index contributed by atoms with van der Waals surface area (Å²) in [6, 6.07) is 12.7. The first-order valence-corrected chi connectivity index (χ1v) is 10.1. The quantitative estimate of drug-likeness (QED) is 0.715. The van der Waals surface area contributed by atoms with Gasteiger partial charge >= 0.3 is 0 Å². The fourth-order valence-corrected chi connectivity index (χ4v) is 3.31. The number of thiocarbonyl (C=S) groups is 1. The number of aryl methyl sites for hydroxylation is 2. The Morgan fingerprint density at radius 3 is 2.47 bits per heavy atom. The lowest BCUT2D eigenvalue weighted by Crippen LogP contribution is -2.40. The van der Waals surface area contributed by atoms with E-state index in [-0.39, 0.29) is 23.5 Å². The fraction of sp³-hybridized carbons (Fsp3) is 0.318. The highest BCUT2D eigenvalue weighted by molar-refractivity contribution is 7.80. The van der Waals surface area contributed by atoms with Crippen LogP contribution in [-0.2, 0) is 9.53 Å². The highest BCUT2D eigenvalue weighted by Gasteiger charge is 2.18. The summed E-state index contributed by atoms with van der Waals surface area (Å²) < 4.78 is 10.8. The van der Waals surface area contributed by atoms with Crippen molar-refractivity contribution < 1.29 is 19.1 Å². The lowest BCUT2D eigenvalue weighted by Gasteiger charge is -2.26. The molecule has 2 aromatic rings. The van der Waals surface area contributed by atoms with E-state index in [1.807, 2.05) is 32.0 Å². The van der Waals surface area contributed by atoms with Crippen molar-refractivity contribution in [2.75, 3.05) is 38.2 Å². The van der Waals surface area contributed by atoms with Crippen molar-refractivity contribution in [3.63, 3.8) is 0 Å². The van der Waals surface area contributed by atoms with Gasteiger partial charge in [-0.2, -0.15) is 0 Å². The maximum atomic E-state index is 12.5. The van der Waals surface area contributed by atoms with E-state index in [1.54, 1.807) is 29.2 Å². The number of carbonyl (C=O) groups excluding carboxylic acids is 2. The molecular weight excluding hydrogens is 402 g/mol. The SMILES string of the molecule is Cc1ccc(OCC(=O)NC(=S)Nc2ccc(C(=O)N3CCOCC3)cc2)c(C)c1. The van der Waals surface area contributed by atoms with E-state index in [0.717, 1.165) is 11.1 Å². The minimum Gasteiger partial charge on any atom is -0.483 e. The first kappa shape index (κ1) is 21.7. The van der Waals surface area contributed by atoms with Crippen molar-refractivity contribution in [2.24, 2.45) is 0 Å². The molecule has 0 aromatic heterocycles. The maximum absolute atomic E-state index is 12.5. The summed E-state index contributed by atoms with van der Waals surface area (Å²) in [6.07, 6.45) is 0. The summed E-state index contributed by atoms with van der Waals surface area (Å²) in [5.74, 6) is 0.283. The van der Waals surface area contributed by atoms with Crippen LogP contribution >= 0.6 is 12.2 Å². The van der Waals surface area contributed by atoms with Crippen molar-refractivity contribution in [2.45, 2.75) is 13.8 Å². The summed E-state index contributed by atoms with van der Waals surface area (Å²) in [5, 5.41) is 5.68. The predicted molar refractivity (Wildman–Crippen MR) is 119 cm³/mol. The average Bonchev–Trinajstić information content (AvgIpc) is 2.73. The molecule has 2 aromatic carbocycles. The molecule has 0 saturated carbocycles. The molecule has 1 fully saturated rings. The number of morpholine rings is 1. The number of nitrogens with one attached hydrogen (secondary N) is 2. The molecule has 7 nitrogen and oxygen atoms in total. The van der Waals surface area contributed by atoms with E-state index >= 15 is 0 Å². The van der Waals surface area contributed by atoms with Gasteiger partial charge in [0.2, 0.25) is 0 Å². The minimum absolute atomic E-state index is 0.0238. The van der Waals surface area contributed by atoms with Crippen molar-refractivity contribution in [3.8, 4) is 5.75 Å². The highest BCUT2D eigenvalue weighted by atomic mass is 32.1. The number of carbonyl (C=O) groups is 2. The summed E-state index contributed by atoms with van der Waals surface area (Å²) in [7, 11) is 0. The zero-order chi connectivity index (χ0) is 21.5. The molecule has 1 saturated heterocycles. The van der Waals surface area contributed by atoms with Crippen LogP contribution in [-0.4, -0.2) is 54.7 Å². The van der Waals surface area contributed by atoms with Crippen LogP contribution in [0.5, 0.6) is 5.75 Å². The molecule has 0 atom stereocenters. The third kappa shape index (κ3) is 6.01.